The van der Waals surface area contributed by atoms with Crippen molar-refractivity contribution in [1.29, 1.82) is 0 Å². The molecule has 1 aliphatic rings. The molecule has 21 heavy (non-hydrogen) atoms. The van der Waals surface area contributed by atoms with Crippen LogP contribution in [0.5, 0.6) is 5.75 Å². The van der Waals surface area contributed by atoms with Gasteiger partial charge < -0.3 is 15.0 Å². The largest absolute Gasteiger partial charge is 0.497 e. The van der Waals surface area contributed by atoms with Crippen molar-refractivity contribution in [2.24, 2.45) is 5.92 Å². The van der Waals surface area contributed by atoms with Crippen molar-refractivity contribution in [3.8, 4) is 5.75 Å². The van der Waals surface area contributed by atoms with Crippen LogP contribution >= 0.6 is 0 Å². The van der Waals surface area contributed by atoms with Gasteiger partial charge in [-0.05, 0) is 56.5 Å². The number of benzene rings is 1. The van der Waals surface area contributed by atoms with E-state index in [-0.39, 0.29) is 5.91 Å². The Morgan fingerprint density at radius 3 is 2.52 bits per heavy atom. The first-order chi connectivity index (χ1) is 10.2. The third-order valence-electron chi connectivity index (χ3n) is 4.25. The summed E-state index contributed by atoms with van der Waals surface area (Å²) in [5.74, 6) is 1.87. The first-order valence-corrected chi connectivity index (χ1v) is 7.78. The number of hydrogen-bond acceptors (Lipinski definition) is 3. The molecular formula is C17H26N2O2. The highest BCUT2D eigenvalue weighted by Crippen LogP contribution is 2.18. The van der Waals surface area contributed by atoms with Crippen LogP contribution in [-0.4, -0.2) is 44.6 Å². The maximum atomic E-state index is 12.2. The predicted molar refractivity (Wildman–Crippen MR) is 84.5 cm³/mol. The lowest BCUT2D eigenvalue weighted by Gasteiger charge is -2.32. The molecule has 0 bridgehead atoms. The predicted octanol–water partition coefficient (Wildman–Crippen LogP) is 2.09. The van der Waals surface area contributed by atoms with E-state index in [1.807, 2.05) is 36.2 Å². The average molecular weight is 290 g/mol. The molecule has 1 fully saturated rings. The SMILES string of the molecule is CNCC1CCN(C(=O)CCc2ccc(OC)cc2)CC1. The smallest absolute Gasteiger partial charge is 0.222 e. The number of ether oxygens (including phenoxy) is 1. The van der Waals surface area contributed by atoms with Gasteiger partial charge in [-0.15, -0.1) is 0 Å². The molecule has 1 N–H and O–H groups in total. The number of nitrogens with one attached hydrogen (secondary N) is 1. The minimum Gasteiger partial charge on any atom is -0.497 e. The Balaban J connectivity index is 1.74. The number of hydrogen-bond donors (Lipinski definition) is 1. The summed E-state index contributed by atoms with van der Waals surface area (Å²) >= 11 is 0. The van der Waals surface area contributed by atoms with E-state index >= 15 is 0 Å². The number of nitrogens with zero attached hydrogens (tertiary/aromatic N) is 1. The molecule has 4 nitrogen and oxygen atoms in total. The molecule has 0 spiro atoms. The maximum absolute atomic E-state index is 12.2. The molecule has 1 aliphatic heterocycles. The molecule has 0 radical (unpaired) electrons. The van der Waals surface area contributed by atoms with E-state index in [1.165, 1.54) is 5.56 Å². The van der Waals surface area contributed by atoms with Gasteiger partial charge >= 0.3 is 0 Å². The van der Waals surface area contributed by atoms with Crippen molar-refractivity contribution in [3.05, 3.63) is 29.8 Å². The van der Waals surface area contributed by atoms with Crippen LogP contribution < -0.4 is 10.1 Å². The van der Waals surface area contributed by atoms with E-state index in [1.54, 1.807) is 7.11 Å². The van der Waals surface area contributed by atoms with Gasteiger partial charge in [0.25, 0.3) is 0 Å². The Labute approximate surface area is 127 Å². The van der Waals surface area contributed by atoms with E-state index in [4.69, 9.17) is 4.74 Å². The van der Waals surface area contributed by atoms with Gasteiger partial charge in [-0.1, -0.05) is 12.1 Å². The zero-order valence-electron chi connectivity index (χ0n) is 13.1. The molecule has 0 aliphatic carbocycles. The molecule has 0 unspecified atom stereocenters. The second-order valence-corrected chi connectivity index (χ2v) is 5.73. The fourth-order valence-electron chi connectivity index (χ4n) is 2.88. The van der Waals surface area contributed by atoms with Crippen molar-refractivity contribution in [3.63, 3.8) is 0 Å². The van der Waals surface area contributed by atoms with Crippen LogP contribution in [0.3, 0.4) is 0 Å². The van der Waals surface area contributed by atoms with Crippen LogP contribution in [0.15, 0.2) is 24.3 Å². The zero-order chi connectivity index (χ0) is 15.1. The van der Waals surface area contributed by atoms with Crippen LogP contribution in [0.4, 0.5) is 0 Å². The first kappa shape index (κ1) is 15.8. The second-order valence-electron chi connectivity index (χ2n) is 5.73. The number of carbonyl (C=O) groups is 1. The van der Waals surface area contributed by atoms with Crippen LogP contribution in [0.1, 0.15) is 24.8 Å². The van der Waals surface area contributed by atoms with Gasteiger partial charge in [0.1, 0.15) is 5.75 Å². The Hall–Kier alpha value is -1.55. The van der Waals surface area contributed by atoms with Gasteiger partial charge in [0.05, 0.1) is 7.11 Å². The second kappa shape index (κ2) is 8.03. The molecule has 1 aromatic rings. The third kappa shape index (κ3) is 4.74. The Morgan fingerprint density at radius 1 is 1.29 bits per heavy atom. The van der Waals surface area contributed by atoms with Crippen LogP contribution in [0.25, 0.3) is 0 Å². The summed E-state index contributed by atoms with van der Waals surface area (Å²) in [6.07, 6.45) is 3.65. The van der Waals surface area contributed by atoms with E-state index < -0.39 is 0 Å². The van der Waals surface area contributed by atoms with Crippen molar-refractivity contribution < 1.29 is 9.53 Å². The minimum absolute atomic E-state index is 0.286. The molecule has 2 rings (SSSR count). The normalized spacial score (nSPS) is 16.0. The Morgan fingerprint density at radius 2 is 1.95 bits per heavy atom. The van der Waals surface area contributed by atoms with Crippen LogP contribution in [-0.2, 0) is 11.2 Å². The van der Waals surface area contributed by atoms with Crippen molar-refractivity contribution in [1.82, 2.24) is 10.2 Å². The Kier molecular flexibility index (Phi) is 6.05. The fourth-order valence-corrected chi connectivity index (χ4v) is 2.88. The lowest BCUT2D eigenvalue weighted by atomic mass is 9.96. The van der Waals surface area contributed by atoms with Crippen molar-refractivity contribution in [2.45, 2.75) is 25.7 Å². The number of piperidine rings is 1. The van der Waals surface area contributed by atoms with Crippen LogP contribution in [0.2, 0.25) is 0 Å². The summed E-state index contributed by atoms with van der Waals surface area (Å²) in [6, 6.07) is 7.96. The number of methoxy groups -OCH3 is 1. The minimum atomic E-state index is 0.286. The third-order valence-corrected chi connectivity index (χ3v) is 4.25. The standard InChI is InChI=1S/C17H26N2O2/c1-18-13-15-9-11-19(12-10-15)17(20)8-5-14-3-6-16(21-2)7-4-14/h3-4,6-7,15,18H,5,8-13H2,1-2H3. The summed E-state index contributed by atoms with van der Waals surface area (Å²) in [5, 5.41) is 3.22. The molecule has 1 saturated heterocycles. The molecule has 0 aromatic heterocycles. The highest BCUT2D eigenvalue weighted by Gasteiger charge is 2.21. The quantitative estimate of drug-likeness (QED) is 0.872. The Bertz CT molecular complexity index is 437. The molecule has 4 heteroatoms. The summed E-state index contributed by atoms with van der Waals surface area (Å²) in [6.45, 7) is 2.88. The average Bonchev–Trinajstić information content (AvgIpc) is 2.54. The number of rotatable bonds is 6. The van der Waals surface area contributed by atoms with E-state index in [0.29, 0.717) is 6.42 Å². The van der Waals surface area contributed by atoms with Gasteiger partial charge in [0.2, 0.25) is 5.91 Å². The van der Waals surface area contributed by atoms with E-state index in [2.05, 4.69) is 5.32 Å². The van der Waals surface area contributed by atoms with Gasteiger partial charge in [-0.25, -0.2) is 0 Å². The van der Waals surface area contributed by atoms with Gasteiger partial charge in [0.15, 0.2) is 0 Å². The molecule has 1 aromatic carbocycles. The highest BCUT2D eigenvalue weighted by atomic mass is 16.5. The number of carbonyl (C=O) groups excluding carboxylic acids is 1. The summed E-state index contributed by atoms with van der Waals surface area (Å²) in [4.78, 5) is 14.3. The fraction of sp³-hybridized carbons (Fsp3) is 0.588. The summed E-state index contributed by atoms with van der Waals surface area (Å²) in [5.41, 5.74) is 1.19. The lowest BCUT2D eigenvalue weighted by Crippen LogP contribution is -2.40. The van der Waals surface area contributed by atoms with Gasteiger partial charge in [-0.2, -0.15) is 0 Å². The first-order valence-electron chi connectivity index (χ1n) is 7.78. The molecule has 1 amide bonds. The summed E-state index contributed by atoms with van der Waals surface area (Å²) in [7, 11) is 3.66. The molecule has 0 atom stereocenters. The van der Waals surface area contributed by atoms with Crippen LogP contribution in [0, 0.1) is 5.92 Å². The van der Waals surface area contributed by atoms with Gasteiger partial charge in [-0.3, -0.25) is 4.79 Å². The van der Waals surface area contributed by atoms with E-state index in [9.17, 15) is 4.79 Å². The molecule has 116 valence electrons. The monoisotopic (exact) mass is 290 g/mol. The van der Waals surface area contributed by atoms with Crippen molar-refractivity contribution >= 4 is 5.91 Å². The molecular weight excluding hydrogens is 264 g/mol. The highest BCUT2D eigenvalue weighted by molar-refractivity contribution is 5.76. The number of amides is 1. The molecule has 1 heterocycles. The van der Waals surface area contributed by atoms with Gasteiger partial charge in [0, 0.05) is 19.5 Å². The number of aryl methyl sites for hydroxylation is 1. The number of likely N-dealkylation sites (tertiary alicyclic amines) is 1. The summed E-state index contributed by atoms with van der Waals surface area (Å²) < 4.78 is 5.14. The maximum Gasteiger partial charge on any atom is 0.222 e. The van der Waals surface area contributed by atoms with Crippen molar-refractivity contribution in [2.75, 3.05) is 33.8 Å². The zero-order valence-corrected chi connectivity index (χ0v) is 13.1. The molecule has 0 saturated carbocycles. The topological polar surface area (TPSA) is 41.6 Å². The lowest BCUT2D eigenvalue weighted by molar-refractivity contribution is -0.132. The van der Waals surface area contributed by atoms with E-state index in [0.717, 1.165) is 50.6 Å².